The highest BCUT2D eigenvalue weighted by molar-refractivity contribution is 6.22. The number of nitrogens with zero attached hydrogens (tertiary/aromatic N) is 3. The number of hydrogen-bond donors (Lipinski definition) is 0. The molecule has 0 unspecified atom stereocenters. The Morgan fingerprint density at radius 1 is 0.489 bits per heavy atom. The Morgan fingerprint density at radius 2 is 1.16 bits per heavy atom. The number of rotatable bonds is 3. The smallest absolute Gasteiger partial charge is 0.0991 e. The number of pyridine rings is 1. The van der Waals surface area contributed by atoms with Crippen LogP contribution in [0.3, 0.4) is 0 Å². The van der Waals surface area contributed by atoms with Crippen molar-refractivity contribution in [3.05, 3.63) is 157 Å². The van der Waals surface area contributed by atoms with Crippen LogP contribution >= 0.6 is 0 Å². The third-order valence-corrected chi connectivity index (χ3v) is 8.99. The van der Waals surface area contributed by atoms with E-state index >= 15 is 0 Å². The maximum Gasteiger partial charge on any atom is 0.0991 e. The molecule has 0 amide bonds. The molecule has 2 aromatic heterocycles. The summed E-state index contributed by atoms with van der Waals surface area (Å²) < 4.78 is 2.28. The van der Waals surface area contributed by atoms with E-state index < -0.39 is 0 Å². The predicted octanol–water partition coefficient (Wildman–Crippen LogP) is 10.8. The number of para-hydroxylation sites is 2. The van der Waals surface area contributed by atoms with E-state index in [1.807, 2.05) is 18.2 Å². The fourth-order valence-electron chi connectivity index (χ4n) is 6.89. The summed E-state index contributed by atoms with van der Waals surface area (Å²) in [6.45, 7) is 0. The molecule has 0 atom stereocenters. The third kappa shape index (κ3) is 3.94. The number of aromatic nitrogens is 2. The first-order valence-corrected chi connectivity index (χ1v) is 15.1. The molecule has 0 aliphatic heterocycles. The van der Waals surface area contributed by atoms with Crippen LogP contribution in [-0.4, -0.2) is 9.55 Å². The molecule has 45 heavy (non-hydrogen) atoms. The van der Waals surface area contributed by atoms with Gasteiger partial charge in [0.15, 0.2) is 0 Å². The average molecular weight is 572 g/mol. The first-order chi connectivity index (χ1) is 22.3. The Bertz CT molecular complexity index is 2620. The fourth-order valence-corrected chi connectivity index (χ4v) is 6.89. The van der Waals surface area contributed by atoms with E-state index in [0.717, 1.165) is 60.8 Å². The minimum atomic E-state index is 0.659. The van der Waals surface area contributed by atoms with Crippen LogP contribution in [0.4, 0.5) is 0 Å². The van der Waals surface area contributed by atoms with Gasteiger partial charge in [0.1, 0.15) is 0 Å². The Labute approximate surface area is 259 Å². The van der Waals surface area contributed by atoms with Crippen LogP contribution in [0.5, 0.6) is 0 Å². The number of hydrogen-bond acceptors (Lipinski definition) is 2. The molecule has 0 saturated carbocycles. The molecule has 3 nitrogen and oxygen atoms in total. The Hall–Kier alpha value is -6.24. The first-order valence-electron chi connectivity index (χ1n) is 15.1. The summed E-state index contributed by atoms with van der Waals surface area (Å²) in [4.78, 5) is 5.18. The van der Waals surface area contributed by atoms with Crippen molar-refractivity contribution in [2.75, 3.05) is 0 Å². The molecule has 0 N–H and O–H groups in total. The molecule has 0 bridgehead atoms. The van der Waals surface area contributed by atoms with Gasteiger partial charge in [-0.25, -0.2) is 4.98 Å². The van der Waals surface area contributed by atoms with Crippen molar-refractivity contribution < 1.29 is 0 Å². The van der Waals surface area contributed by atoms with Gasteiger partial charge < -0.3 is 4.57 Å². The molecule has 0 fully saturated rings. The van der Waals surface area contributed by atoms with E-state index in [2.05, 4.69) is 144 Å². The Morgan fingerprint density at radius 3 is 1.98 bits per heavy atom. The summed E-state index contributed by atoms with van der Waals surface area (Å²) in [6.07, 6.45) is 0. The SMILES string of the molecule is N#Cc1ccc2c(c1)c1cc(-c3ccc(-c4nc5ccccc5c5c4ccc4ccccc45)cc3)ccc1n2-c1ccccc1. The lowest BCUT2D eigenvalue weighted by Gasteiger charge is -2.13. The standard InChI is InChI=1S/C42H25N3/c43-26-27-14-22-39-36(24-27)37-25-31(20-23-40(37)45(39)32-9-2-1-3-10-32)28-15-17-30(18-16-28)42-35-21-19-29-8-4-5-11-33(29)41(35)34-12-6-7-13-38(34)44-42/h1-25H. The Balaban J connectivity index is 1.20. The monoisotopic (exact) mass is 571 g/mol. The highest BCUT2D eigenvalue weighted by atomic mass is 15.0. The van der Waals surface area contributed by atoms with Gasteiger partial charge in [0.2, 0.25) is 0 Å². The van der Waals surface area contributed by atoms with Gasteiger partial charge in [0.05, 0.1) is 33.9 Å². The molecule has 7 aromatic carbocycles. The highest BCUT2D eigenvalue weighted by Crippen LogP contribution is 2.39. The summed E-state index contributed by atoms with van der Waals surface area (Å²) in [7, 11) is 0. The molecule has 0 aliphatic rings. The molecule has 9 aromatic rings. The normalized spacial score (nSPS) is 11.5. The van der Waals surface area contributed by atoms with Crippen molar-refractivity contribution in [3.8, 4) is 34.1 Å². The molecule has 208 valence electrons. The zero-order chi connectivity index (χ0) is 29.9. The van der Waals surface area contributed by atoms with Gasteiger partial charge in [-0.2, -0.15) is 5.26 Å². The summed E-state index contributed by atoms with van der Waals surface area (Å²) in [5, 5.41) is 17.9. The van der Waals surface area contributed by atoms with E-state index in [9.17, 15) is 5.26 Å². The zero-order valence-corrected chi connectivity index (χ0v) is 24.3. The van der Waals surface area contributed by atoms with E-state index in [-0.39, 0.29) is 0 Å². The topological polar surface area (TPSA) is 41.6 Å². The Kier molecular flexibility index (Phi) is 5.57. The van der Waals surface area contributed by atoms with Gasteiger partial charge >= 0.3 is 0 Å². The minimum absolute atomic E-state index is 0.659. The van der Waals surface area contributed by atoms with E-state index in [0.29, 0.717) is 5.56 Å². The van der Waals surface area contributed by atoms with Crippen LogP contribution in [0, 0.1) is 11.3 Å². The number of nitriles is 1. The number of benzene rings is 7. The van der Waals surface area contributed by atoms with E-state index in [4.69, 9.17) is 4.98 Å². The van der Waals surface area contributed by atoms with Crippen LogP contribution < -0.4 is 0 Å². The first kappa shape index (κ1) is 25.3. The summed E-state index contributed by atoms with van der Waals surface area (Å²) in [5.41, 5.74) is 9.30. The highest BCUT2D eigenvalue weighted by Gasteiger charge is 2.16. The maximum absolute atomic E-state index is 9.66. The fraction of sp³-hybridized carbons (Fsp3) is 0. The van der Waals surface area contributed by atoms with Crippen LogP contribution in [-0.2, 0) is 0 Å². The van der Waals surface area contributed by atoms with Crippen LogP contribution in [0.25, 0.3) is 82.3 Å². The van der Waals surface area contributed by atoms with Crippen LogP contribution in [0.2, 0.25) is 0 Å². The van der Waals surface area contributed by atoms with Gasteiger partial charge in [-0.15, -0.1) is 0 Å². The molecule has 0 spiro atoms. The largest absolute Gasteiger partial charge is 0.309 e. The summed E-state index contributed by atoms with van der Waals surface area (Å²) in [5.74, 6) is 0. The van der Waals surface area contributed by atoms with Gasteiger partial charge in [-0.05, 0) is 70.4 Å². The molecule has 9 rings (SSSR count). The van der Waals surface area contributed by atoms with E-state index in [1.165, 1.54) is 21.5 Å². The van der Waals surface area contributed by atoms with Crippen molar-refractivity contribution >= 4 is 54.3 Å². The molecule has 3 heteroatoms. The van der Waals surface area contributed by atoms with Crippen molar-refractivity contribution in [2.45, 2.75) is 0 Å². The van der Waals surface area contributed by atoms with Crippen molar-refractivity contribution in [3.63, 3.8) is 0 Å². The third-order valence-electron chi connectivity index (χ3n) is 8.99. The molecule has 2 heterocycles. The molecule has 0 aliphatic carbocycles. The molecular formula is C42H25N3. The summed E-state index contributed by atoms with van der Waals surface area (Å²) >= 11 is 0. The van der Waals surface area contributed by atoms with E-state index in [1.54, 1.807) is 0 Å². The molecule has 0 saturated heterocycles. The zero-order valence-electron chi connectivity index (χ0n) is 24.3. The second-order valence-corrected chi connectivity index (χ2v) is 11.5. The predicted molar refractivity (Wildman–Crippen MR) is 187 cm³/mol. The quantitative estimate of drug-likeness (QED) is 0.198. The summed E-state index contributed by atoms with van der Waals surface area (Å²) in [6, 6.07) is 55.5. The second kappa shape index (κ2) is 9.91. The van der Waals surface area contributed by atoms with Gasteiger partial charge in [-0.1, -0.05) is 103 Å². The molecule has 0 radical (unpaired) electrons. The van der Waals surface area contributed by atoms with Gasteiger partial charge in [0, 0.05) is 38.2 Å². The maximum atomic E-state index is 9.66. The van der Waals surface area contributed by atoms with Crippen LogP contribution in [0.15, 0.2) is 152 Å². The van der Waals surface area contributed by atoms with Crippen molar-refractivity contribution in [2.24, 2.45) is 0 Å². The average Bonchev–Trinajstić information content (AvgIpc) is 3.44. The lowest BCUT2D eigenvalue weighted by Crippen LogP contribution is -1.93. The van der Waals surface area contributed by atoms with Crippen LogP contribution in [0.1, 0.15) is 5.56 Å². The van der Waals surface area contributed by atoms with Gasteiger partial charge in [0.25, 0.3) is 0 Å². The number of fused-ring (bicyclic) bond motifs is 8. The lowest BCUT2D eigenvalue weighted by molar-refractivity contribution is 1.18. The van der Waals surface area contributed by atoms with Crippen molar-refractivity contribution in [1.82, 2.24) is 9.55 Å². The van der Waals surface area contributed by atoms with Gasteiger partial charge in [-0.3, -0.25) is 0 Å². The lowest BCUT2D eigenvalue weighted by atomic mass is 9.94. The molecular weight excluding hydrogens is 546 g/mol. The minimum Gasteiger partial charge on any atom is -0.309 e. The second-order valence-electron chi connectivity index (χ2n) is 11.5. The van der Waals surface area contributed by atoms with Crippen molar-refractivity contribution in [1.29, 1.82) is 5.26 Å².